The molecule has 5 heteroatoms. The summed E-state index contributed by atoms with van der Waals surface area (Å²) in [6.07, 6.45) is 1.45. The molecule has 0 saturated heterocycles. The van der Waals surface area contributed by atoms with E-state index >= 15 is 0 Å². The summed E-state index contributed by atoms with van der Waals surface area (Å²) in [6, 6.07) is 4.92. The van der Waals surface area contributed by atoms with Crippen LogP contribution < -0.4 is 0 Å². The zero-order valence-corrected chi connectivity index (χ0v) is 11.1. The first-order valence-electron chi connectivity index (χ1n) is 6.70. The first-order chi connectivity index (χ1) is 9.49. The number of nitrogens with zero attached hydrogens (tertiary/aromatic N) is 1. The van der Waals surface area contributed by atoms with Gasteiger partial charge in [0.1, 0.15) is 0 Å². The number of amides is 2. The molecule has 2 amide bonds. The second-order valence-corrected chi connectivity index (χ2v) is 5.53. The Kier molecular flexibility index (Phi) is 2.85. The zero-order valence-electron chi connectivity index (χ0n) is 11.1. The minimum atomic E-state index is -0.847. The molecule has 1 heterocycles. The van der Waals surface area contributed by atoms with Crippen molar-refractivity contribution in [2.45, 2.75) is 32.2 Å². The Labute approximate surface area is 116 Å². The lowest BCUT2D eigenvalue weighted by molar-refractivity contribution is -0.141. The molecule has 5 nitrogen and oxygen atoms in total. The van der Waals surface area contributed by atoms with Crippen LogP contribution in [0.4, 0.5) is 0 Å². The number of rotatable bonds is 2. The van der Waals surface area contributed by atoms with Crippen molar-refractivity contribution in [3.05, 3.63) is 34.9 Å². The predicted octanol–water partition coefficient (Wildman–Crippen LogP) is 1.84. The summed E-state index contributed by atoms with van der Waals surface area (Å²) in [4.78, 5) is 37.0. The Morgan fingerprint density at radius 2 is 1.90 bits per heavy atom. The predicted molar refractivity (Wildman–Crippen MR) is 70.4 cm³/mol. The Bertz CT molecular complexity index is 622. The summed E-state index contributed by atoms with van der Waals surface area (Å²) < 4.78 is 0. The first kappa shape index (κ1) is 12.8. The highest BCUT2D eigenvalue weighted by atomic mass is 16.4. The van der Waals surface area contributed by atoms with Gasteiger partial charge in [-0.1, -0.05) is 11.6 Å². The maximum atomic E-state index is 12.4. The third kappa shape index (κ3) is 1.81. The van der Waals surface area contributed by atoms with E-state index in [0.717, 1.165) is 5.56 Å². The number of aryl methyl sites for hydroxylation is 1. The van der Waals surface area contributed by atoms with Gasteiger partial charge >= 0.3 is 5.97 Å². The molecule has 1 aliphatic heterocycles. The SMILES string of the molecule is Cc1ccc2c(c1)C(=O)N(C1CCC(C(=O)O)C1)C2=O. The standard InChI is InChI=1S/C15H15NO4/c1-8-2-5-11-12(6-8)14(18)16(13(11)17)10-4-3-9(7-10)15(19)20/h2,5-6,9-10H,3-4,7H2,1H3,(H,19,20). The van der Waals surface area contributed by atoms with Crippen molar-refractivity contribution in [2.24, 2.45) is 5.92 Å². The van der Waals surface area contributed by atoms with Crippen molar-refractivity contribution < 1.29 is 19.5 Å². The highest BCUT2D eigenvalue weighted by molar-refractivity contribution is 6.21. The van der Waals surface area contributed by atoms with Crippen molar-refractivity contribution >= 4 is 17.8 Å². The highest BCUT2D eigenvalue weighted by Gasteiger charge is 2.43. The van der Waals surface area contributed by atoms with Crippen LogP contribution in [-0.2, 0) is 4.79 Å². The van der Waals surface area contributed by atoms with Crippen LogP contribution in [0.25, 0.3) is 0 Å². The number of hydrogen-bond donors (Lipinski definition) is 1. The maximum absolute atomic E-state index is 12.4. The van der Waals surface area contributed by atoms with E-state index in [0.29, 0.717) is 30.4 Å². The molecule has 2 atom stereocenters. The Morgan fingerprint density at radius 3 is 2.55 bits per heavy atom. The summed E-state index contributed by atoms with van der Waals surface area (Å²) in [6.45, 7) is 1.87. The summed E-state index contributed by atoms with van der Waals surface area (Å²) in [5.74, 6) is -1.88. The van der Waals surface area contributed by atoms with Gasteiger partial charge in [-0.05, 0) is 38.3 Å². The topological polar surface area (TPSA) is 74.7 Å². The van der Waals surface area contributed by atoms with Gasteiger partial charge in [0.15, 0.2) is 0 Å². The number of hydrogen-bond acceptors (Lipinski definition) is 3. The minimum Gasteiger partial charge on any atom is -0.481 e. The number of imide groups is 1. The van der Waals surface area contributed by atoms with Crippen LogP contribution in [0, 0.1) is 12.8 Å². The van der Waals surface area contributed by atoms with Crippen LogP contribution in [0.3, 0.4) is 0 Å². The van der Waals surface area contributed by atoms with E-state index in [1.165, 1.54) is 4.90 Å². The minimum absolute atomic E-state index is 0.287. The van der Waals surface area contributed by atoms with E-state index in [2.05, 4.69) is 0 Å². The molecule has 0 bridgehead atoms. The quantitative estimate of drug-likeness (QED) is 0.834. The summed E-state index contributed by atoms with van der Waals surface area (Å²) >= 11 is 0. The van der Waals surface area contributed by atoms with Crippen molar-refractivity contribution in [3.63, 3.8) is 0 Å². The number of carbonyl (C=O) groups excluding carboxylic acids is 2. The average molecular weight is 273 g/mol. The Balaban J connectivity index is 1.89. The van der Waals surface area contributed by atoms with Gasteiger partial charge in [-0.2, -0.15) is 0 Å². The van der Waals surface area contributed by atoms with Crippen LogP contribution in [0.2, 0.25) is 0 Å². The van der Waals surface area contributed by atoms with Crippen LogP contribution in [0.15, 0.2) is 18.2 Å². The largest absolute Gasteiger partial charge is 0.481 e. The monoisotopic (exact) mass is 273 g/mol. The van der Waals surface area contributed by atoms with Crippen molar-refractivity contribution in [2.75, 3.05) is 0 Å². The number of benzene rings is 1. The van der Waals surface area contributed by atoms with Gasteiger partial charge in [-0.15, -0.1) is 0 Å². The van der Waals surface area contributed by atoms with Gasteiger partial charge in [-0.25, -0.2) is 0 Å². The molecule has 1 N–H and O–H groups in total. The molecule has 1 aromatic rings. The van der Waals surface area contributed by atoms with E-state index in [1.807, 2.05) is 13.0 Å². The van der Waals surface area contributed by atoms with E-state index in [-0.39, 0.29) is 17.9 Å². The van der Waals surface area contributed by atoms with Crippen molar-refractivity contribution in [1.29, 1.82) is 0 Å². The molecule has 104 valence electrons. The molecular weight excluding hydrogens is 258 g/mol. The first-order valence-corrected chi connectivity index (χ1v) is 6.70. The lowest BCUT2D eigenvalue weighted by Crippen LogP contribution is -2.38. The van der Waals surface area contributed by atoms with Gasteiger partial charge in [0, 0.05) is 6.04 Å². The third-order valence-corrected chi connectivity index (χ3v) is 4.19. The van der Waals surface area contributed by atoms with Gasteiger partial charge in [-0.3, -0.25) is 19.3 Å². The van der Waals surface area contributed by atoms with Crippen LogP contribution in [0.5, 0.6) is 0 Å². The van der Waals surface area contributed by atoms with Gasteiger partial charge in [0.05, 0.1) is 17.0 Å². The lowest BCUT2D eigenvalue weighted by atomic mass is 10.1. The van der Waals surface area contributed by atoms with E-state index in [4.69, 9.17) is 5.11 Å². The maximum Gasteiger partial charge on any atom is 0.306 e. The fourth-order valence-electron chi connectivity index (χ4n) is 3.12. The number of carboxylic acid groups (broad SMARTS) is 1. The van der Waals surface area contributed by atoms with Crippen LogP contribution in [-0.4, -0.2) is 33.8 Å². The molecule has 0 aromatic heterocycles. The molecule has 1 aliphatic carbocycles. The smallest absolute Gasteiger partial charge is 0.306 e. The molecule has 1 fully saturated rings. The Morgan fingerprint density at radius 1 is 1.20 bits per heavy atom. The molecule has 0 spiro atoms. The molecule has 3 rings (SSSR count). The third-order valence-electron chi connectivity index (χ3n) is 4.19. The second kappa shape index (κ2) is 4.44. The number of fused-ring (bicyclic) bond motifs is 1. The molecule has 2 unspecified atom stereocenters. The van der Waals surface area contributed by atoms with E-state index < -0.39 is 11.9 Å². The van der Waals surface area contributed by atoms with Gasteiger partial charge in [0.2, 0.25) is 0 Å². The van der Waals surface area contributed by atoms with Crippen LogP contribution >= 0.6 is 0 Å². The lowest BCUT2D eigenvalue weighted by Gasteiger charge is -2.21. The second-order valence-electron chi connectivity index (χ2n) is 5.53. The van der Waals surface area contributed by atoms with E-state index in [1.54, 1.807) is 12.1 Å². The summed E-state index contributed by atoms with van der Waals surface area (Å²) in [5, 5.41) is 9.03. The molecule has 20 heavy (non-hydrogen) atoms. The molecule has 1 aromatic carbocycles. The van der Waals surface area contributed by atoms with Crippen molar-refractivity contribution in [1.82, 2.24) is 4.90 Å². The fourth-order valence-corrected chi connectivity index (χ4v) is 3.12. The normalized spacial score (nSPS) is 25.1. The Hall–Kier alpha value is -2.17. The zero-order chi connectivity index (χ0) is 14.4. The number of aliphatic carboxylic acids is 1. The number of carbonyl (C=O) groups is 3. The average Bonchev–Trinajstić information content (AvgIpc) is 2.95. The number of carboxylic acids is 1. The molecular formula is C15H15NO4. The van der Waals surface area contributed by atoms with E-state index in [9.17, 15) is 14.4 Å². The van der Waals surface area contributed by atoms with Crippen LogP contribution in [0.1, 0.15) is 45.5 Å². The molecule has 1 saturated carbocycles. The summed E-state index contributed by atoms with van der Waals surface area (Å²) in [5.41, 5.74) is 1.80. The summed E-state index contributed by atoms with van der Waals surface area (Å²) in [7, 11) is 0. The molecule has 0 radical (unpaired) electrons. The highest BCUT2D eigenvalue weighted by Crippen LogP contribution is 2.34. The van der Waals surface area contributed by atoms with Crippen molar-refractivity contribution in [3.8, 4) is 0 Å². The van der Waals surface area contributed by atoms with Gasteiger partial charge < -0.3 is 5.11 Å². The van der Waals surface area contributed by atoms with Gasteiger partial charge in [0.25, 0.3) is 11.8 Å². The fraction of sp³-hybridized carbons (Fsp3) is 0.400. The molecule has 2 aliphatic rings.